The molecule has 0 aliphatic carbocycles. The van der Waals surface area contributed by atoms with Crippen LogP contribution in [0.2, 0.25) is 0 Å². The van der Waals surface area contributed by atoms with Gasteiger partial charge in [0.2, 0.25) is 5.91 Å². The summed E-state index contributed by atoms with van der Waals surface area (Å²) in [5, 5.41) is 2.44. The predicted octanol–water partition coefficient (Wildman–Crippen LogP) is 0.222. The van der Waals surface area contributed by atoms with Gasteiger partial charge in [0, 0.05) is 6.04 Å². The minimum absolute atomic E-state index is 0.150. The molecule has 0 atom stereocenters. The lowest BCUT2D eigenvalue weighted by Gasteiger charge is -2.01. The van der Waals surface area contributed by atoms with E-state index in [2.05, 4.69) is 5.32 Å². The molecule has 0 rings (SSSR count). The summed E-state index contributed by atoms with van der Waals surface area (Å²) in [5.74, 6) is -0.463. The molecule has 0 aliphatic rings. The molecule has 1 N–H and O–H groups in total. The summed E-state index contributed by atoms with van der Waals surface area (Å²) in [7, 11) is 0. The minimum Gasteiger partial charge on any atom is -0.354 e. The molecule has 0 fully saturated rings. The van der Waals surface area contributed by atoms with Crippen LogP contribution in [0.5, 0.6) is 0 Å². The normalized spacial score (nSPS) is 9.14. The maximum absolute atomic E-state index is 9.92. The highest BCUT2D eigenvalue weighted by Gasteiger charge is 1.91. The van der Waals surface area contributed by atoms with Crippen LogP contribution in [0.1, 0.15) is 13.8 Å². The van der Waals surface area contributed by atoms with E-state index in [9.17, 15) is 4.79 Å². The lowest BCUT2D eigenvalue weighted by Crippen LogP contribution is -2.27. The van der Waals surface area contributed by atoms with Crippen LogP contribution in [-0.4, -0.2) is 11.9 Å². The van der Waals surface area contributed by atoms with Gasteiger partial charge in [-0.3, -0.25) is 4.79 Å². The molecule has 0 aromatic heterocycles. The van der Waals surface area contributed by atoms with E-state index in [4.69, 9.17) is 6.92 Å². The molecule has 0 aliphatic heterocycles. The molecule has 0 heterocycles. The summed E-state index contributed by atoms with van der Waals surface area (Å²) in [6.45, 7) is 8.45. The van der Waals surface area contributed by atoms with Crippen LogP contribution in [0, 0.1) is 6.92 Å². The first-order valence-corrected chi connectivity index (χ1v) is 2.19. The molecule has 0 aromatic rings. The van der Waals surface area contributed by atoms with Crippen molar-refractivity contribution in [1.29, 1.82) is 0 Å². The molecule has 0 spiro atoms. The van der Waals surface area contributed by atoms with Crippen LogP contribution in [-0.2, 0) is 4.79 Å². The third-order valence-corrected chi connectivity index (χ3v) is 0.431. The standard InChI is InChI=1S/C5H9NO/c1-4(2)6-5(3)7/h3-4H,1-2H3,(H,6,7). The van der Waals surface area contributed by atoms with Gasteiger partial charge < -0.3 is 5.32 Å². The Morgan fingerprint density at radius 1 is 1.71 bits per heavy atom. The Balaban J connectivity index is 3.13. The van der Waals surface area contributed by atoms with Gasteiger partial charge in [0.05, 0.1) is 6.92 Å². The minimum atomic E-state index is -0.463. The van der Waals surface area contributed by atoms with Crippen molar-refractivity contribution in [2.75, 3.05) is 0 Å². The lowest BCUT2D eigenvalue weighted by atomic mass is 10.4. The molecule has 0 aromatic carbocycles. The molecular weight excluding hydrogens is 90.1 g/mol. The smallest absolute Gasteiger partial charge is 0.224 e. The van der Waals surface area contributed by atoms with Gasteiger partial charge in [-0.1, -0.05) is 0 Å². The van der Waals surface area contributed by atoms with Gasteiger partial charge in [-0.2, -0.15) is 0 Å². The van der Waals surface area contributed by atoms with Crippen LogP contribution >= 0.6 is 0 Å². The van der Waals surface area contributed by atoms with Crippen molar-refractivity contribution >= 4 is 5.91 Å². The van der Waals surface area contributed by atoms with Gasteiger partial charge in [0.1, 0.15) is 0 Å². The van der Waals surface area contributed by atoms with E-state index in [-0.39, 0.29) is 6.04 Å². The van der Waals surface area contributed by atoms with Gasteiger partial charge in [-0.25, -0.2) is 0 Å². The molecule has 0 saturated carbocycles. The quantitative estimate of drug-likeness (QED) is 0.500. The first-order chi connectivity index (χ1) is 3.13. The number of carbonyl (C=O) groups is 1. The summed E-state index contributed by atoms with van der Waals surface area (Å²) in [4.78, 5) is 9.92. The first kappa shape index (κ1) is 6.47. The Morgan fingerprint density at radius 3 is 2.14 bits per heavy atom. The van der Waals surface area contributed by atoms with Crippen molar-refractivity contribution in [3.63, 3.8) is 0 Å². The van der Waals surface area contributed by atoms with Crippen LogP contribution in [0.25, 0.3) is 0 Å². The van der Waals surface area contributed by atoms with Gasteiger partial charge >= 0.3 is 0 Å². The van der Waals surface area contributed by atoms with Gasteiger partial charge in [-0.15, -0.1) is 0 Å². The molecule has 2 radical (unpaired) electrons. The second kappa shape index (κ2) is 2.61. The highest BCUT2D eigenvalue weighted by Crippen LogP contribution is 1.72. The number of carbonyl (C=O) groups excluding carboxylic acids is 1. The van der Waals surface area contributed by atoms with Gasteiger partial charge in [-0.05, 0) is 13.8 Å². The van der Waals surface area contributed by atoms with Crippen molar-refractivity contribution in [2.45, 2.75) is 19.9 Å². The number of amides is 1. The number of nitrogens with one attached hydrogen (secondary N) is 1. The van der Waals surface area contributed by atoms with Crippen molar-refractivity contribution in [1.82, 2.24) is 5.32 Å². The van der Waals surface area contributed by atoms with Crippen LogP contribution < -0.4 is 5.32 Å². The largest absolute Gasteiger partial charge is 0.354 e. The Hall–Kier alpha value is -0.530. The Bertz CT molecular complexity index is 68.5. The van der Waals surface area contributed by atoms with Crippen molar-refractivity contribution in [2.24, 2.45) is 0 Å². The second-order valence-corrected chi connectivity index (χ2v) is 1.66. The fourth-order valence-corrected chi connectivity index (χ4v) is 0.285. The van der Waals surface area contributed by atoms with E-state index < -0.39 is 5.91 Å². The third-order valence-electron chi connectivity index (χ3n) is 0.431. The van der Waals surface area contributed by atoms with E-state index in [0.717, 1.165) is 0 Å². The molecule has 0 unspecified atom stereocenters. The lowest BCUT2D eigenvalue weighted by molar-refractivity contribution is -0.117. The van der Waals surface area contributed by atoms with Crippen LogP contribution in [0.4, 0.5) is 0 Å². The number of hydrogen-bond acceptors (Lipinski definition) is 1. The summed E-state index contributed by atoms with van der Waals surface area (Å²) in [5.41, 5.74) is 0. The summed E-state index contributed by atoms with van der Waals surface area (Å²) >= 11 is 0. The molecule has 0 saturated heterocycles. The van der Waals surface area contributed by atoms with Crippen LogP contribution in [0.3, 0.4) is 0 Å². The Morgan fingerprint density at radius 2 is 2.14 bits per heavy atom. The van der Waals surface area contributed by atoms with Crippen molar-refractivity contribution < 1.29 is 4.79 Å². The highest BCUT2D eigenvalue weighted by atomic mass is 16.1. The molecule has 2 nitrogen and oxygen atoms in total. The summed E-state index contributed by atoms with van der Waals surface area (Å²) < 4.78 is 0. The fourth-order valence-electron chi connectivity index (χ4n) is 0.285. The van der Waals surface area contributed by atoms with Crippen molar-refractivity contribution in [3.8, 4) is 0 Å². The summed E-state index contributed by atoms with van der Waals surface area (Å²) in [6.07, 6.45) is 0. The molecule has 2 heteroatoms. The highest BCUT2D eigenvalue weighted by molar-refractivity contribution is 5.80. The summed E-state index contributed by atoms with van der Waals surface area (Å²) in [6, 6.07) is 0.150. The molecule has 0 bridgehead atoms. The molecular formula is C5H9NO. The average molecular weight is 99.1 g/mol. The molecule has 1 amide bonds. The zero-order valence-corrected chi connectivity index (χ0v) is 4.56. The monoisotopic (exact) mass is 99.1 g/mol. The second-order valence-electron chi connectivity index (χ2n) is 1.66. The van der Waals surface area contributed by atoms with E-state index in [1.165, 1.54) is 0 Å². The average Bonchev–Trinajstić information content (AvgIpc) is 1.27. The zero-order valence-electron chi connectivity index (χ0n) is 4.56. The van der Waals surface area contributed by atoms with E-state index in [0.29, 0.717) is 0 Å². The van der Waals surface area contributed by atoms with E-state index in [1.54, 1.807) is 0 Å². The molecule has 7 heavy (non-hydrogen) atoms. The predicted molar refractivity (Wildman–Crippen MR) is 27.6 cm³/mol. The fraction of sp³-hybridized carbons (Fsp3) is 0.600. The SMILES string of the molecule is [CH]C(=O)NC(C)C. The van der Waals surface area contributed by atoms with E-state index in [1.807, 2.05) is 13.8 Å². The van der Waals surface area contributed by atoms with Crippen LogP contribution in [0.15, 0.2) is 0 Å². The Labute approximate surface area is 43.9 Å². The molecule has 40 valence electrons. The Kier molecular flexibility index (Phi) is 2.41. The van der Waals surface area contributed by atoms with Gasteiger partial charge in [0.15, 0.2) is 0 Å². The third kappa shape index (κ3) is 5.47. The topological polar surface area (TPSA) is 29.1 Å². The maximum Gasteiger partial charge on any atom is 0.224 e. The number of rotatable bonds is 1. The zero-order chi connectivity index (χ0) is 5.86. The maximum atomic E-state index is 9.92. The van der Waals surface area contributed by atoms with E-state index >= 15 is 0 Å². The van der Waals surface area contributed by atoms with Gasteiger partial charge in [0.25, 0.3) is 0 Å². The number of hydrogen-bond donors (Lipinski definition) is 1. The van der Waals surface area contributed by atoms with Crippen molar-refractivity contribution in [3.05, 3.63) is 6.92 Å². The first-order valence-electron chi connectivity index (χ1n) is 2.19.